The first kappa shape index (κ1) is 70.9. The van der Waals surface area contributed by atoms with Crippen molar-refractivity contribution in [1.82, 2.24) is 46.0 Å². The van der Waals surface area contributed by atoms with Gasteiger partial charge in [0.15, 0.2) is 0 Å². The smallest absolute Gasteiger partial charge is 0.410 e. The molecule has 24 heteroatoms. The van der Waals surface area contributed by atoms with Crippen LogP contribution >= 0.6 is 0 Å². The number of imide groups is 1. The number of primary amides is 1. The van der Waals surface area contributed by atoms with Crippen LogP contribution in [0.5, 0.6) is 0 Å². The number of nitrogens with two attached hydrogens (primary N) is 1. The van der Waals surface area contributed by atoms with E-state index in [0.29, 0.717) is 37.7 Å². The van der Waals surface area contributed by atoms with Crippen LogP contribution < -0.4 is 37.0 Å². The Hall–Kier alpha value is -7.63. The maximum absolute atomic E-state index is 14.7. The number of sulfonamides is 1. The summed E-state index contributed by atoms with van der Waals surface area (Å²) >= 11 is 0. The van der Waals surface area contributed by atoms with E-state index in [-0.39, 0.29) is 60.6 Å². The summed E-state index contributed by atoms with van der Waals surface area (Å²) in [6, 6.07) is 8.85. The van der Waals surface area contributed by atoms with Gasteiger partial charge in [-0.3, -0.25) is 48.2 Å². The second-order valence-corrected chi connectivity index (χ2v) is 27.4. The van der Waals surface area contributed by atoms with E-state index in [2.05, 4.69) is 31.3 Å². The highest BCUT2D eigenvalue weighted by Crippen LogP contribution is 2.46. The van der Waals surface area contributed by atoms with Crippen LogP contribution in [0.15, 0.2) is 83.3 Å². The second kappa shape index (κ2) is 29.6. The Morgan fingerprint density at radius 1 is 0.744 bits per heavy atom. The molecule has 1 heterocycles. The lowest BCUT2D eigenvalue weighted by atomic mass is 9.76. The number of nitrogens with one attached hydrogen (secondary N) is 6. The number of rotatable bonds is 29. The number of nitrogens with zero attached hydrogens (tertiary/aromatic N) is 3. The normalized spacial score (nSPS) is 16.1. The highest BCUT2D eigenvalue weighted by molar-refractivity contribution is 7.90. The molecule has 0 saturated heterocycles. The van der Waals surface area contributed by atoms with E-state index < -0.39 is 116 Å². The van der Waals surface area contributed by atoms with Gasteiger partial charge in [0.25, 0.3) is 27.7 Å². The lowest BCUT2D eigenvalue weighted by Crippen LogP contribution is -2.63. The van der Waals surface area contributed by atoms with Gasteiger partial charge in [-0.05, 0) is 107 Å². The zero-order valence-electron chi connectivity index (χ0n) is 52.7. The number of amides is 11. The van der Waals surface area contributed by atoms with Crippen molar-refractivity contribution >= 4 is 69.4 Å². The number of ether oxygens (including phenoxy) is 1. The van der Waals surface area contributed by atoms with Gasteiger partial charge >= 0.3 is 12.1 Å². The van der Waals surface area contributed by atoms with Gasteiger partial charge in [0.2, 0.25) is 29.5 Å². The molecule has 0 bridgehead atoms. The van der Waals surface area contributed by atoms with Crippen LogP contribution in [0, 0.1) is 17.3 Å². The van der Waals surface area contributed by atoms with Crippen LogP contribution in [-0.4, -0.2) is 145 Å². The van der Waals surface area contributed by atoms with E-state index >= 15 is 0 Å². The minimum atomic E-state index is -4.49. The third-order valence-corrected chi connectivity index (χ3v) is 16.6. The molecule has 2 aromatic carbocycles. The molecule has 86 heavy (non-hydrogen) atoms. The van der Waals surface area contributed by atoms with Crippen LogP contribution in [0.4, 0.5) is 9.59 Å². The van der Waals surface area contributed by atoms with E-state index in [9.17, 15) is 56.4 Å². The van der Waals surface area contributed by atoms with Crippen molar-refractivity contribution in [2.45, 2.75) is 193 Å². The van der Waals surface area contributed by atoms with Crippen molar-refractivity contribution in [3.8, 4) is 0 Å². The largest absolute Gasteiger partial charge is 0.444 e. The maximum Gasteiger partial charge on any atom is 0.410 e. The van der Waals surface area contributed by atoms with Gasteiger partial charge < -0.3 is 42.0 Å². The van der Waals surface area contributed by atoms with Crippen LogP contribution in [0.25, 0.3) is 0 Å². The molecule has 0 aromatic heterocycles. The molecule has 1 fully saturated rings. The lowest BCUT2D eigenvalue weighted by Gasteiger charge is -2.42. The van der Waals surface area contributed by atoms with E-state index in [4.69, 9.17) is 10.5 Å². The molecule has 8 N–H and O–H groups in total. The van der Waals surface area contributed by atoms with Crippen LogP contribution in [-0.2, 0) is 64.1 Å². The van der Waals surface area contributed by atoms with Crippen molar-refractivity contribution in [3.05, 3.63) is 89.5 Å². The predicted octanol–water partition coefficient (Wildman–Crippen LogP) is 5.33. The average molecular weight is 1220 g/mol. The zero-order valence-corrected chi connectivity index (χ0v) is 53.5. The van der Waals surface area contributed by atoms with Gasteiger partial charge in [0.05, 0.1) is 16.5 Å². The number of hydrogen-bond acceptors (Lipinski definition) is 13. The number of benzene rings is 2. The standard InChI is InChI=1S/C62H92N10O13S/c1-38(2)45(70(14)56(80)50(59(6,7)8)67-55(79)51(71(15)58(82)85-60(9,10)11)61(12,13)41-23-18-16-19-24-41)37-40(5)52(76)69-86(83,84)43-29-27-42(28-30-43)62(33-34-62)68-53(77)44(25-22-35-64-57(63)81)65-54(78)49(39(3)4)66-46(73)26-20-17-21-36-72-47(74)31-32-48(72)75/h16,18-19,23-24,27-32,37-39,44-45,49-51H,17,20-22,25-26,33-36H2,1-15H3,(H,65,78)(H,66,73)(H,67,79)(H,68,77)(H,69,76)(H3,63,64,81). The Bertz CT molecular complexity index is 2960. The molecule has 1 aliphatic heterocycles. The number of hydrogen-bond donors (Lipinski definition) is 7. The molecule has 0 radical (unpaired) electrons. The van der Waals surface area contributed by atoms with Crippen LogP contribution in [0.1, 0.15) is 153 Å². The van der Waals surface area contributed by atoms with Gasteiger partial charge in [0.1, 0.15) is 29.8 Å². The Morgan fingerprint density at radius 3 is 1.86 bits per heavy atom. The van der Waals surface area contributed by atoms with E-state index in [0.717, 1.165) is 10.5 Å². The molecule has 5 atom stereocenters. The Kier molecular flexibility index (Phi) is 24.4. The van der Waals surface area contributed by atoms with Gasteiger partial charge in [0, 0.05) is 56.7 Å². The molecule has 2 aromatic rings. The van der Waals surface area contributed by atoms with Gasteiger partial charge in [-0.15, -0.1) is 0 Å². The molecule has 5 unspecified atom stereocenters. The fourth-order valence-electron chi connectivity index (χ4n) is 10.1. The van der Waals surface area contributed by atoms with Crippen molar-refractivity contribution in [3.63, 3.8) is 0 Å². The molecule has 1 aliphatic carbocycles. The third-order valence-electron chi connectivity index (χ3n) is 15.3. The Balaban J connectivity index is 1.47. The van der Waals surface area contributed by atoms with Gasteiger partial charge in [-0.2, -0.15) is 0 Å². The molecular weight excluding hydrogens is 1120 g/mol. The summed E-state index contributed by atoms with van der Waals surface area (Å²) in [5.74, 6) is -5.12. The fraction of sp³-hybridized carbons (Fsp3) is 0.581. The highest BCUT2D eigenvalue weighted by atomic mass is 32.2. The van der Waals surface area contributed by atoms with Crippen molar-refractivity contribution in [2.24, 2.45) is 23.0 Å². The first-order valence-electron chi connectivity index (χ1n) is 29.3. The number of urea groups is 1. The molecule has 11 amide bonds. The second-order valence-electron chi connectivity index (χ2n) is 25.7. The lowest BCUT2D eigenvalue weighted by molar-refractivity contribution is -0.142. The molecule has 0 spiro atoms. The monoisotopic (exact) mass is 1220 g/mol. The topological polar surface area (TPSA) is 322 Å². The quantitative estimate of drug-likeness (QED) is 0.0308. The summed E-state index contributed by atoms with van der Waals surface area (Å²) < 4.78 is 35.5. The fourth-order valence-corrected chi connectivity index (χ4v) is 11.1. The number of unbranched alkanes of at least 4 members (excludes halogenated alkanes) is 2. The van der Waals surface area contributed by atoms with E-state index in [1.165, 1.54) is 73.3 Å². The third kappa shape index (κ3) is 19.7. The number of carbonyl (C=O) groups excluding carboxylic acids is 10. The minimum Gasteiger partial charge on any atom is -0.444 e. The number of likely N-dealkylation sites (N-methyl/N-ethyl adjacent to an activating group) is 2. The summed E-state index contributed by atoms with van der Waals surface area (Å²) in [5.41, 5.74) is 2.87. The van der Waals surface area contributed by atoms with Crippen molar-refractivity contribution < 1.29 is 61.1 Å². The summed E-state index contributed by atoms with van der Waals surface area (Å²) in [5, 5.41) is 14.0. The molecular formula is C62H92N10O13S. The van der Waals surface area contributed by atoms with E-state index in [1.54, 1.807) is 55.4 Å². The van der Waals surface area contributed by atoms with Crippen molar-refractivity contribution in [1.29, 1.82) is 0 Å². The maximum atomic E-state index is 14.7. The zero-order chi connectivity index (χ0) is 64.9. The Labute approximate surface area is 507 Å². The summed E-state index contributed by atoms with van der Waals surface area (Å²) in [6.07, 6.45) is 5.98. The SMILES string of the molecule is CC(=CC(C(C)C)N(C)C(=O)C(NC(=O)C(N(C)C(=O)OC(C)(C)C)C(C)(C)c1ccccc1)C(C)(C)C)C(=O)NS(=O)(=O)c1ccc(C2(NC(=O)C(CCCNC(N)=O)NC(=O)C(NC(=O)CCCCCN3C(=O)C=CC3=O)C(C)C)CC2)cc1. The van der Waals surface area contributed by atoms with E-state index in [1.807, 2.05) is 58.0 Å². The predicted molar refractivity (Wildman–Crippen MR) is 324 cm³/mol. The molecule has 2 aliphatic rings. The van der Waals surface area contributed by atoms with Gasteiger partial charge in [-0.1, -0.05) is 117 Å². The van der Waals surface area contributed by atoms with Crippen LogP contribution in [0.2, 0.25) is 0 Å². The molecule has 23 nitrogen and oxygen atoms in total. The Morgan fingerprint density at radius 2 is 1.34 bits per heavy atom. The van der Waals surface area contributed by atoms with Gasteiger partial charge in [-0.25, -0.2) is 22.7 Å². The summed E-state index contributed by atoms with van der Waals surface area (Å²) in [4.78, 5) is 136. The molecule has 474 valence electrons. The number of carbonyl (C=O) groups is 10. The first-order valence-corrected chi connectivity index (χ1v) is 30.7. The molecule has 4 rings (SSSR count). The van der Waals surface area contributed by atoms with Crippen molar-refractivity contribution in [2.75, 3.05) is 27.2 Å². The minimum absolute atomic E-state index is 0.0184. The van der Waals surface area contributed by atoms with Crippen LogP contribution in [0.3, 0.4) is 0 Å². The highest BCUT2D eigenvalue weighted by Gasteiger charge is 2.48. The first-order chi connectivity index (χ1) is 39.8. The summed E-state index contributed by atoms with van der Waals surface area (Å²) in [7, 11) is -1.48. The molecule has 1 saturated carbocycles. The summed E-state index contributed by atoms with van der Waals surface area (Å²) in [6.45, 7) is 23.1. The average Bonchev–Trinajstić information content (AvgIpc) is 1.62.